The number of primary amides is 1. The van der Waals surface area contributed by atoms with Gasteiger partial charge in [0.2, 0.25) is 5.06 Å². The minimum absolute atomic E-state index is 0.0372. The molecule has 0 aliphatic carbocycles. The highest BCUT2D eigenvalue weighted by Crippen LogP contribution is 2.38. The number of carbonyl (C=O) groups excluding carboxylic acids is 1. The summed E-state index contributed by atoms with van der Waals surface area (Å²) in [6, 6.07) is 4.71. The second-order valence-corrected chi connectivity index (χ2v) is 6.64. The summed E-state index contributed by atoms with van der Waals surface area (Å²) in [5.41, 5.74) is 5.06. The number of hydrogen-bond donors (Lipinski definition) is 1. The van der Waals surface area contributed by atoms with Crippen LogP contribution in [0.3, 0.4) is 0 Å². The molecule has 0 atom stereocenters. The molecule has 1 saturated heterocycles. The second kappa shape index (κ2) is 5.49. The molecule has 0 radical (unpaired) electrons. The summed E-state index contributed by atoms with van der Waals surface area (Å²) in [6.07, 6.45) is -1.07. The standard InChI is InChI=1S/C14H12BFN2O4S/c1-14(2)6-20-15(22-14)8-3-4-9(16)11-10(8)7(5-17)12(23-11)21-13(18)19/h3-4H,6H2,1-2H3,(H2,18,19). The molecule has 6 nitrogen and oxygen atoms in total. The lowest BCUT2D eigenvalue weighted by molar-refractivity contribution is 0.137. The van der Waals surface area contributed by atoms with Crippen LogP contribution in [0.5, 0.6) is 5.06 Å². The van der Waals surface area contributed by atoms with E-state index in [9.17, 15) is 14.4 Å². The van der Waals surface area contributed by atoms with Crippen LogP contribution in [0.15, 0.2) is 12.1 Å². The first-order chi connectivity index (χ1) is 10.8. The van der Waals surface area contributed by atoms with E-state index >= 15 is 0 Å². The van der Waals surface area contributed by atoms with Crippen molar-refractivity contribution in [1.29, 1.82) is 5.26 Å². The zero-order valence-electron chi connectivity index (χ0n) is 12.4. The quantitative estimate of drug-likeness (QED) is 0.847. The van der Waals surface area contributed by atoms with Crippen molar-refractivity contribution in [3.63, 3.8) is 0 Å². The fraction of sp³-hybridized carbons (Fsp3) is 0.286. The van der Waals surface area contributed by atoms with Crippen LogP contribution in [0.4, 0.5) is 9.18 Å². The number of ether oxygens (including phenoxy) is 1. The molecule has 2 heterocycles. The van der Waals surface area contributed by atoms with Crippen molar-refractivity contribution >= 4 is 40.1 Å². The molecule has 1 fully saturated rings. The zero-order valence-corrected chi connectivity index (χ0v) is 13.2. The van der Waals surface area contributed by atoms with E-state index in [1.54, 1.807) is 0 Å². The minimum atomic E-state index is -1.07. The van der Waals surface area contributed by atoms with Crippen LogP contribution in [0.25, 0.3) is 10.1 Å². The van der Waals surface area contributed by atoms with Crippen molar-refractivity contribution in [2.75, 3.05) is 6.61 Å². The zero-order chi connectivity index (χ0) is 16.8. The topological polar surface area (TPSA) is 94.6 Å². The monoisotopic (exact) mass is 334 g/mol. The van der Waals surface area contributed by atoms with Crippen molar-refractivity contribution in [3.05, 3.63) is 23.5 Å². The molecule has 9 heteroatoms. The maximum Gasteiger partial charge on any atom is 0.495 e. The Kier molecular flexibility index (Phi) is 3.76. The van der Waals surface area contributed by atoms with Gasteiger partial charge in [-0.1, -0.05) is 17.4 Å². The minimum Gasteiger partial charge on any atom is -0.404 e. The Morgan fingerprint density at radius 3 is 2.87 bits per heavy atom. The van der Waals surface area contributed by atoms with Gasteiger partial charge in [-0.25, -0.2) is 9.18 Å². The van der Waals surface area contributed by atoms with Gasteiger partial charge < -0.3 is 19.8 Å². The van der Waals surface area contributed by atoms with Crippen molar-refractivity contribution in [2.45, 2.75) is 19.4 Å². The molecule has 0 spiro atoms. The maximum absolute atomic E-state index is 14.1. The molecule has 1 aliphatic heterocycles. The number of rotatable bonds is 2. The second-order valence-electron chi connectivity index (χ2n) is 5.66. The number of thiophene rings is 1. The number of nitrogens with zero attached hydrogens (tertiary/aromatic N) is 1. The highest BCUT2D eigenvalue weighted by Gasteiger charge is 2.40. The molecule has 1 aromatic carbocycles. The SMILES string of the molecule is CC1(C)COB(c2ccc(F)c3sc(OC(N)=O)c(C#N)c23)O1. The Morgan fingerprint density at radius 2 is 2.30 bits per heavy atom. The number of nitriles is 1. The van der Waals surface area contributed by atoms with Crippen molar-refractivity contribution in [2.24, 2.45) is 5.73 Å². The van der Waals surface area contributed by atoms with Crippen LogP contribution >= 0.6 is 11.3 Å². The predicted molar refractivity (Wildman–Crippen MR) is 83.2 cm³/mol. The number of carbonyl (C=O) groups is 1. The van der Waals surface area contributed by atoms with Gasteiger partial charge in [-0.15, -0.1) is 0 Å². The Hall–Kier alpha value is -2.15. The smallest absolute Gasteiger partial charge is 0.404 e. The maximum atomic E-state index is 14.1. The fourth-order valence-corrected chi connectivity index (χ4v) is 3.47. The summed E-state index contributed by atoms with van der Waals surface area (Å²) < 4.78 is 30.5. The predicted octanol–water partition coefficient (Wildman–Crippen LogP) is 1.89. The largest absolute Gasteiger partial charge is 0.495 e. The number of amides is 1. The summed E-state index contributed by atoms with van der Waals surface area (Å²) in [6.45, 7) is 4.11. The lowest BCUT2D eigenvalue weighted by atomic mass is 9.76. The van der Waals surface area contributed by atoms with E-state index in [1.165, 1.54) is 12.1 Å². The lowest BCUT2D eigenvalue weighted by Gasteiger charge is -2.15. The average molecular weight is 334 g/mol. The molecule has 23 heavy (non-hydrogen) atoms. The molecule has 118 valence electrons. The van der Waals surface area contributed by atoms with Crippen LogP contribution in [-0.2, 0) is 9.31 Å². The van der Waals surface area contributed by atoms with Crippen LogP contribution in [0.2, 0.25) is 0 Å². The van der Waals surface area contributed by atoms with E-state index < -0.39 is 24.6 Å². The first-order valence-electron chi connectivity index (χ1n) is 6.74. The number of halogens is 1. The molecule has 2 N–H and O–H groups in total. The van der Waals surface area contributed by atoms with Crippen molar-refractivity contribution in [3.8, 4) is 11.1 Å². The highest BCUT2D eigenvalue weighted by molar-refractivity contribution is 7.21. The van der Waals surface area contributed by atoms with Gasteiger partial charge in [0, 0.05) is 5.39 Å². The summed E-state index contributed by atoms with van der Waals surface area (Å²) >= 11 is 0.845. The summed E-state index contributed by atoms with van der Waals surface area (Å²) in [4.78, 5) is 11.0. The summed E-state index contributed by atoms with van der Waals surface area (Å²) in [5.74, 6) is -0.526. The van der Waals surface area contributed by atoms with E-state index in [-0.39, 0.29) is 15.3 Å². The van der Waals surface area contributed by atoms with Gasteiger partial charge in [0.25, 0.3) is 0 Å². The fourth-order valence-electron chi connectivity index (χ4n) is 2.42. The number of fused-ring (bicyclic) bond motifs is 1. The normalized spacial score (nSPS) is 16.5. The molecule has 1 aliphatic rings. The third-order valence-electron chi connectivity index (χ3n) is 3.36. The average Bonchev–Trinajstić information content (AvgIpc) is 2.99. The third kappa shape index (κ3) is 2.76. The van der Waals surface area contributed by atoms with Gasteiger partial charge in [-0.2, -0.15) is 5.26 Å². The molecule has 0 saturated carbocycles. The van der Waals surface area contributed by atoms with Crippen LogP contribution < -0.4 is 15.9 Å². The van der Waals surface area contributed by atoms with Crippen LogP contribution in [-0.4, -0.2) is 25.4 Å². The van der Waals surface area contributed by atoms with Gasteiger partial charge in [0.05, 0.1) is 16.9 Å². The Morgan fingerprint density at radius 1 is 1.57 bits per heavy atom. The van der Waals surface area contributed by atoms with Gasteiger partial charge in [-0.3, -0.25) is 0 Å². The molecule has 1 amide bonds. The van der Waals surface area contributed by atoms with Crippen LogP contribution in [0.1, 0.15) is 19.4 Å². The number of nitrogens with two attached hydrogens (primary N) is 1. The Balaban J connectivity index is 2.20. The van der Waals surface area contributed by atoms with Crippen molar-refractivity contribution in [1.82, 2.24) is 0 Å². The first-order valence-corrected chi connectivity index (χ1v) is 7.56. The van der Waals surface area contributed by atoms with E-state index in [0.29, 0.717) is 17.5 Å². The first kappa shape index (κ1) is 15.7. The molecule has 2 aromatic rings. The van der Waals surface area contributed by atoms with E-state index in [0.717, 1.165) is 11.3 Å². The molecular weight excluding hydrogens is 322 g/mol. The Bertz CT molecular complexity index is 845. The number of hydrogen-bond acceptors (Lipinski definition) is 6. The van der Waals surface area contributed by atoms with Crippen molar-refractivity contribution < 1.29 is 23.2 Å². The molecule has 1 aromatic heterocycles. The molecular formula is C14H12BFN2O4S. The van der Waals surface area contributed by atoms with Gasteiger partial charge in [0.15, 0.2) is 0 Å². The van der Waals surface area contributed by atoms with Gasteiger partial charge in [-0.05, 0) is 25.4 Å². The lowest BCUT2D eigenvalue weighted by Crippen LogP contribution is -2.35. The highest BCUT2D eigenvalue weighted by atomic mass is 32.1. The number of benzene rings is 1. The Labute approximate surface area is 135 Å². The van der Waals surface area contributed by atoms with Gasteiger partial charge in [0.1, 0.15) is 17.4 Å². The van der Waals surface area contributed by atoms with Gasteiger partial charge >= 0.3 is 13.2 Å². The summed E-state index contributed by atoms with van der Waals surface area (Å²) in [7, 11) is -0.726. The molecule has 3 rings (SSSR count). The van der Waals surface area contributed by atoms with Crippen LogP contribution in [0, 0.1) is 17.1 Å². The molecule has 0 unspecified atom stereocenters. The summed E-state index contributed by atoms with van der Waals surface area (Å²) in [5, 5.41) is 9.67. The third-order valence-corrected chi connectivity index (χ3v) is 4.43. The van der Waals surface area contributed by atoms with E-state index in [4.69, 9.17) is 19.8 Å². The van der Waals surface area contributed by atoms with E-state index in [2.05, 4.69) is 0 Å². The molecule has 0 bridgehead atoms. The van der Waals surface area contributed by atoms with E-state index in [1.807, 2.05) is 19.9 Å².